The van der Waals surface area contributed by atoms with Gasteiger partial charge in [0.15, 0.2) is 11.5 Å². The third-order valence-electron chi connectivity index (χ3n) is 3.01. The van der Waals surface area contributed by atoms with Gasteiger partial charge in [0.1, 0.15) is 16.2 Å². The lowest BCUT2D eigenvalue weighted by Crippen LogP contribution is -2.03. The SMILES string of the molecule is COc1cc(OC)c(C(O)c2cc(Cl)sc2Cl)cc1OC. The number of aliphatic hydroxyl groups is 1. The zero-order valence-corrected chi connectivity index (χ0v) is 14.0. The second-order valence-corrected chi connectivity index (χ2v) is 6.42. The fraction of sp³-hybridized carbons (Fsp3) is 0.286. The van der Waals surface area contributed by atoms with Crippen LogP contribution < -0.4 is 14.2 Å². The monoisotopic (exact) mass is 348 g/mol. The summed E-state index contributed by atoms with van der Waals surface area (Å²) in [4.78, 5) is 0. The summed E-state index contributed by atoms with van der Waals surface area (Å²) in [5.41, 5.74) is 1.05. The van der Waals surface area contributed by atoms with Crippen molar-refractivity contribution in [1.82, 2.24) is 0 Å². The summed E-state index contributed by atoms with van der Waals surface area (Å²) < 4.78 is 16.7. The van der Waals surface area contributed by atoms with E-state index in [1.807, 2.05) is 0 Å². The molecule has 0 aliphatic rings. The highest BCUT2D eigenvalue weighted by molar-refractivity contribution is 7.20. The van der Waals surface area contributed by atoms with E-state index in [0.29, 0.717) is 37.0 Å². The van der Waals surface area contributed by atoms with Gasteiger partial charge in [-0.15, -0.1) is 11.3 Å². The number of hydrogen-bond donors (Lipinski definition) is 1. The molecule has 0 saturated heterocycles. The molecular weight excluding hydrogens is 335 g/mol. The van der Waals surface area contributed by atoms with E-state index in [2.05, 4.69) is 0 Å². The van der Waals surface area contributed by atoms with Gasteiger partial charge in [0.25, 0.3) is 0 Å². The molecule has 1 heterocycles. The van der Waals surface area contributed by atoms with Crippen LogP contribution >= 0.6 is 34.5 Å². The Bertz CT molecular complexity index is 642. The first-order chi connectivity index (χ1) is 10.0. The lowest BCUT2D eigenvalue weighted by molar-refractivity contribution is 0.214. The van der Waals surface area contributed by atoms with Gasteiger partial charge in [-0.3, -0.25) is 0 Å². The van der Waals surface area contributed by atoms with Crippen molar-refractivity contribution in [1.29, 1.82) is 0 Å². The van der Waals surface area contributed by atoms with Crippen LogP contribution in [-0.4, -0.2) is 26.4 Å². The number of halogens is 2. The molecule has 21 heavy (non-hydrogen) atoms. The lowest BCUT2D eigenvalue weighted by atomic mass is 10.0. The number of benzene rings is 1. The molecule has 2 aromatic rings. The third kappa shape index (κ3) is 3.21. The standard InChI is InChI=1S/C14H14Cl2O4S/c1-18-9-6-11(20-3)10(19-2)4-7(9)13(17)8-5-12(15)21-14(8)16/h4-6,13,17H,1-3H3. The lowest BCUT2D eigenvalue weighted by Gasteiger charge is -2.17. The maximum atomic E-state index is 10.6. The first kappa shape index (κ1) is 16.2. The normalized spacial score (nSPS) is 12.1. The van der Waals surface area contributed by atoms with Crippen molar-refractivity contribution in [3.63, 3.8) is 0 Å². The summed E-state index contributed by atoms with van der Waals surface area (Å²) in [6, 6.07) is 4.94. The van der Waals surface area contributed by atoms with Crippen LogP contribution in [0.3, 0.4) is 0 Å². The number of aliphatic hydroxyl groups excluding tert-OH is 1. The van der Waals surface area contributed by atoms with Gasteiger partial charge in [-0.2, -0.15) is 0 Å². The number of ether oxygens (including phenoxy) is 3. The summed E-state index contributed by atoms with van der Waals surface area (Å²) >= 11 is 13.2. The fourth-order valence-corrected chi connectivity index (χ4v) is 3.49. The second-order valence-electron chi connectivity index (χ2n) is 4.13. The molecule has 0 aliphatic carbocycles. The van der Waals surface area contributed by atoms with Crippen LogP contribution in [0.1, 0.15) is 17.2 Å². The molecule has 0 amide bonds. The summed E-state index contributed by atoms with van der Waals surface area (Å²) in [7, 11) is 4.57. The molecule has 0 bridgehead atoms. The van der Waals surface area contributed by atoms with Crippen molar-refractivity contribution >= 4 is 34.5 Å². The number of methoxy groups -OCH3 is 3. The van der Waals surface area contributed by atoms with Crippen molar-refractivity contribution in [2.45, 2.75) is 6.10 Å². The van der Waals surface area contributed by atoms with Gasteiger partial charge >= 0.3 is 0 Å². The minimum absolute atomic E-state index is 0.435. The molecule has 7 heteroatoms. The Kier molecular flexibility index (Phi) is 5.22. The van der Waals surface area contributed by atoms with Crippen molar-refractivity contribution in [3.05, 3.63) is 38.0 Å². The van der Waals surface area contributed by atoms with Crippen LogP contribution in [-0.2, 0) is 0 Å². The molecule has 1 aromatic carbocycles. The zero-order valence-electron chi connectivity index (χ0n) is 11.6. The summed E-state index contributed by atoms with van der Waals surface area (Å²) in [6.07, 6.45) is -0.976. The van der Waals surface area contributed by atoms with Crippen molar-refractivity contribution in [2.75, 3.05) is 21.3 Å². The highest BCUT2D eigenvalue weighted by Gasteiger charge is 2.23. The Hall–Kier alpha value is -1.14. The van der Waals surface area contributed by atoms with E-state index < -0.39 is 6.10 Å². The van der Waals surface area contributed by atoms with Gasteiger partial charge in [0, 0.05) is 17.2 Å². The Morgan fingerprint density at radius 3 is 1.95 bits per heavy atom. The van der Waals surface area contributed by atoms with E-state index in [1.165, 1.54) is 32.7 Å². The maximum absolute atomic E-state index is 10.6. The molecule has 0 saturated carbocycles. The average molecular weight is 349 g/mol. The van der Waals surface area contributed by atoms with E-state index in [-0.39, 0.29) is 0 Å². The predicted molar refractivity (Wildman–Crippen MR) is 84.5 cm³/mol. The number of hydrogen-bond acceptors (Lipinski definition) is 5. The molecule has 114 valence electrons. The number of rotatable bonds is 5. The van der Waals surface area contributed by atoms with Gasteiger partial charge in [-0.1, -0.05) is 23.2 Å². The zero-order chi connectivity index (χ0) is 15.6. The van der Waals surface area contributed by atoms with E-state index in [4.69, 9.17) is 37.4 Å². The molecule has 1 atom stereocenters. The van der Waals surface area contributed by atoms with E-state index in [9.17, 15) is 5.11 Å². The van der Waals surface area contributed by atoms with Crippen molar-refractivity contribution < 1.29 is 19.3 Å². The molecule has 1 unspecified atom stereocenters. The topological polar surface area (TPSA) is 47.9 Å². The Morgan fingerprint density at radius 2 is 1.48 bits per heavy atom. The molecule has 4 nitrogen and oxygen atoms in total. The first-order valence-corrected chi connectivity index (χ1v) is 7.51. The quantitative estimate of drug-likeness (QED) is 0.881. The van der Waals surface area contributed by atoms with Crippen LogP contribution in [0.5, 0.6) is 17.2 Å². The highest BCUT2D eigenvalue weighted by atomic mass is 35.5. The van der Waals surface area contributed by atoms with Crippen molar-refractivity contribution in [2.24, 2.45) is 0 Å². The molecule has 2 rings (SSSR count). The van der Waals surface area contributed by atoms with Gasteiger partial charge in [0.2, 0.25) is 0 Å². The van der Waals surface area contributed by atoms with Gasteiger partial charge in [0.05, 0.1) is 25.7 Å². The fourth-order valence-electron chi connectivity index (χ4n) is 1.97. The minimum atomic E-state index is -0.976. The maximum Gasteiger partial charge on any atom is 0.164 e. The van der Waals surface area contributed by atoms with Crippen molar-refractivity contribution in [3.8, 4) is 17.2 Å². The Labute approximate surface area is 136 Å². The van der Waals surface area contributed by atoms with E-state index >= 15 is 0 Å². The largest absolute Gasteiger partial charge is 0.496 e. The molecule has 1 N–H and O–H groups in total. The first-order valence-electron chi connectivity index (χ1n) is 5.94. The van der Waals surface area contributed by atoms with Gasteiger partial charge in [-0.25, -0.2) is 0 Å². The molecule has 1 aromatic heterocycles. The van der Waals surface area contributed by atoms with Crippen LogP contribution in [0.25, 0.3) is 0 Å². The Balaban J connectivity index is 2.53. The number of thiophene rings is 1. The van der Waals surface area contributed by atoms with Crippen LogP contribution in [0.4, 0.5) is 0 Å². The van der Waals surface area contributed by atoms with Gasteiger partial charge < -0.3 is 19.3 Å². The van der Waals surface area contributed by atoms with Crippen LogP contribution in [0.15, 0.2) is 18.2 Å². The average Bonchev–Trinajstić information content (AvgIpc) is 2.83. The molecule has 0 aliphatic heterocycles. The van der Waals surface area contributed by atoms with Crippen LogP contribution in [0.2, 0.25) is 8.67 Å². The smallest absolute Gasteiger partial charge is 0.164 e. The Morgan fingerprint density at radius 1 is 0.905 bits per heavy atom. The highest BCUT2D eigenvalue weighted by Crippen LogP contribution is 2.43. The van der Waals surface area contributed by atoms with E-state index in [0.717, 1.165) is 0 Å². The second kappa shape index (κ2) is 6.75. The summed E-state index contributed by atoms with van der Waals surface area (Å²) in [5.74, 6) is 1.48. The predicted octanol–water partition coefficient (Wildman–Crippen LogP) is 4.16. The molecule has 0 spiro atoms. The molecular formula is C14H14Cl2O4S. The minimum Gasteiger partial charge on any atom is -0.496 e. The summed E-state index contributed by atoms with van der Waals surface area (Å²) in [5, 5.41) is 10.6. The van der Waals surface area contributed by atoms with Gasteiger partial charge in [-0.05, 0) is 12.1 Å². The van der Waals surface area contributed by atoms with Crippen LogP contribution in [0, 0.1) is 0 Å². The summed E-state index contributed by atoms with van der Waals surface area (Å²) in [6.45, 7) is 0. The van der Waals surface area contributed by atoms with E-state index in [1.54, 1.807) is 18.2 Å². The molecule has 0 fully saturated rings. The third-order valence-corrected chi connectivity index (χ3v) is 4.53. The molecule has 0 radical (unpaired) electrons.